The molecule has 1 aromatic rings. The van der Waals surface area contributed by atoms with E-state index in [0.29, 0.717) is 6.54 Å². The summed E-state index contributed by atoms with van der Waals surface area (Å²) in [6, 6.07) is 2.19. The zero-order valence-corrected chi connectivity index (χ0v) is 13.1. The molecule has 20 heavy (non-hydrogen) atoms. The van der Waals surface area contributed by atoms with E-state index in [-0.39, 0.29) is 11.6 Å². The van der Waals surface area contributed by atoms with Crippen LogP contribution in [0.2, 0.25) is 10.0 Å². The monoisotopic (exact) mass is 341 g/mol. The van der Waals surface area contributed by atoms with Gasteiger partial charge < -0.3 is 4.90 Å². The minimum Gasteiger partial charge on any atom is -0.308 e. The highest BCUT2D eigenvalue weighted by Gasteiger charge is 2.27. The average Bonchev–Trinajstić information content (AvgIpc) is 2.26. The predicted molar refractivity (Wildman–Crippen MR) is 76.9 cm³/mol. The van der Waals surface area contributed by atoms with Crippen LogP contribution in [0.3, 0.4) is 0 Å². The van der Waals surface area contributed by atoms with Gasteiger partial charge in [-0.3, -0.25) is 10.1 Å². The highest BCUT2D eigenvalue weighted by Crippen LogP contribution is 2.36. The van der Waals surface area contributed by atoms with Crippen LogP contribution >= 0.6 is 23.2 Å². The molecule has 7 nitrogen and oxygen atoms in total. The van der Waals surface area contributed by atoms with E-state index in [0.717, 1.165) is 12.1 Å². The minimum atomic E-state index is -4.02. The Hall–Kier alpha value is -0.930. The van der Waals surface area contributed by atoms with E-state index in [9.17, 15) is 18.5 Å². The molecule has 0 spiro atoms. The van der Waals surface area contributed by atoms with Crippen molar-refractivity contribution in [2.75, 3.05) is 27.2 Å². The molecule has 0 heterocycles. The third kappa shape index (κ3) is 4.03. The fourth-order valence-corrected chi connectivity index (χ4v) is 3.60. The number of nitro benzene ring substituents is 1. The maximum absolute atomic E-state index is 12.1. The largest absolute Gasteiger partial charge is 0.308 e. The lowest BCUT2D eigenvalue weighted by atomic mass is 10.3. The summed E-state index contributed by atoms with van der Waals surface area (Å²) < 4.78 is 26.5. The van der Waals surface area contributed by atoms with Crippen molar-refractivity contribution >= 4 is 38.9 Å². The number of nitrogens with one attached hydrogen (secondary N) is 1. The molecule has 10 heteroatoms. The molecule has 0 fully saturated rings. The van der Waals surface area contributed by atoms with Crippen LogP contribution in [0, 0.1) is 10.1 Å². The van der Waals surface area contributed by atoms with Gasteiger partial charge in [-0.2, -0.15) is 0 Å². The van der Waals surface area contributed by atoms with Gasteiger partial charge in [0.05, 0.1) is 9.95 Å². The first kappa shape index (κ1) is 17.1. The molecule has 1 rings (SSSR count). The van der Waals surface area contributed by atoms with Crippen LogP contribution < -0.4 is 4.72 Å². The quantitative estimate of drug-likeness (QED) is 0.628. The molecule has 0 unspecified atom stereocenters. The summed E-state index contributed by atoms with van der Waals surface area (Å²) in [6.07, 6.45) is 0. The van der Waals surface area contributed by atoms with Crippen molar-refractivity contribution in [2.24, 2.45) is 0 Å². The van der Waals surface area contributed by atoms with Crippen LogP contribution in [-0.2, 0) is 10.0 Å². The van der Waals surface area contributed by atoms with Gasteiger partial charge in [-0.1, -0.05) is 23.2 Å². The number of hydrogen-bond acceptors (Lipinski definition) is 5. The molecule has 0 aliphatic rings. The van der Waals surface area contributed by atoms with Crippen LogP contribution in [0.5, 0.6) is 0 Å². The van der Waals surface area contributed by atoms with Gasteiger partial charge in [-0.25, -0.2) is 13.1 Å². The summed E-state index contributed by atoms with van der Waals surface area (Å²) in [5.41, 5.74) is -0.510. The highest BCUT2D eigenvalue weighted by molar-refractivity contribution is 7.89. The summed E-state index contributed by atoms with van der Waals surface area (Å²) in [7, 11) is -0.460. The number of halogens is 2. The molecule has 0 saturated heterocycles. The molecule has 0 radical (unpaired) electrons. The zero-order chi connectivity index (χ0) is 15.5. The topological polar surface area (TPSA) is 92.6 Å². The van der Waals surface area contributed by atoms with Gasteiger partial charge >= 0.3 is 0 Å². The first-order chi connectivity index (χ1) is 9.16. The van der Waals surface area contributed by atoms with E-state index in [1.807, 2.05) is 0 Å². The lowest BCUT2D eigenvalue weighted by molar-refractivity contribution is -0.384. The molecule has 0 amide bonds. The van der Waals surface area contributed by atoms with Crippen molar-refractivity contribution in [2.45, 2.75) is 4.90 Å². The molecule has 0 aromatic heterocycles. The van der Waals surface area contributed by atoms with Crippen molar-refractivity contribution in [1.82, 2.24) is 9.62 Å². The van der Waals surface area contributed by atoms with Gasteiger partial charge in [0, 0.05) is 19.2 Å². The first-order valence-corrected chi connectivity index (χ1v) is 7.67. The summed E-state index contributed by atoms with van der Waals surface area (Å²) in [5.74, 6) is 0. The smallest absolute Gasteiger partial charge is 0.289 e. The van der Waals surface area contributed by atoms with Crippen molar-refractivity contribution in [3.8, 4) is 0 Å². The Kier molecular flexibility index (Phi) is 5.72. The summed E-state index contributed by atoms with van der Waals surface area (Å²) in [5, 5.41) is 10.1. The van der Waals surface area contributed by atoms with E-state index < -0.39 is 30.6 Å². The number of nitro groups is 1. The van der Waals surface area contributed by atoms with Crippen LogP contribution in [0.4, 0.5) is 5.69 Å². The Bertz CT molecular complexity index is 619. The Morgan fingerprint density at radius 2 is 1.95 bits per heavy atom. The van der Waals surface area contributed by atoms with E-state index in [1.165, 1.54) is 0 Å². The van der Waals surface area contributed by atoms with Gasteiger partial charge in [0.15, 0.2) is 0 Å². The van der Waals surface area contributed by atoms with Gasteiger partial charge in [0.25, 0.3) is 5.69 Å². The number of hydrogen-bond donors (Lipinski definition) is 1. The third-order valence-electron chi connectivity index (χ3n) is 2.35. The molecule has 0 bridgehead atoms. The molecular formula is C10H13Cl2N3O4S. The molecule has 0 saturated carbocycles. The van der Waals surface area contributed by atoms with E-state index in [4.69, 9.17) is 23.2 Å². The average molecular weight is 342 g/mol. The molecular weight excluding hydrogens is 329 g/mol. The lowest BCUT2D eigenvalue weighted by Crippen LogP contribution is -2.31. The second-order valence-corrected chi connectivity index (χ2v) is 6.66. The Balaban J connectivity index is 3.17. The lowest BCUT2D eigenvalue weighted by Gasteiger charge is -2.12. The molecule has 0 atom stereocenters. The minimum absolute atomic E-state index is 0.130. The number of likely N-dealkylation sites (N-methyl/N-ethyl adjacent to an activating group) is 1. The van der Waals surface area contributed by atoms with Gasteiger partial charge in [-0.15, -0.1) is 0 Å². The Morgan fingerprint density at radius 1 is 1.35 bits per heavy atom. The van der Waals surface area contributed by atoms with E-state index in [1.54, 1.807) is 19.0 Å². The number of sulfonamides is 1. The van der Waals surface area contributed by atoms with Crippen LogP contribution in [0.1, 0.15) is 0 Å². The maximum atomic E-state index is 12.1. The second-order valence-electron chi connectivity index (χ2n) is 4.17. The van der Waals surface area contributed by atoms with Gasteiger partial charge in [-0.05, 0) is 20.2 Å². The summed E-state index contributed by atoms with van der Waals surface area (Å²) >= 11 is 11.6. The fraction of sp³-hybridized carbons (Fsp3) is 0.400. The SMILES string of the molecule is CN(C)CCNS(=O)(=O)c1c(Cl)ccc([N+](=O)[O-])c1Cl. The second kappa shape index (κ2) is 6.68. The normalized spacial score (nSPS) is 11.8. The number of benzene rings is 1. The maximum Gasteiger partial charge on any atom is 0.289 e. The van der Waals surface area contributed by atoms with Crippen molar-refractivity contribution < 1.29 is 13.3 Å². The molecule has 0 aliphatic carbocycles. The van der Waals surface area contributed by atoms with Crippen molar-refractivity contribution in [3.05, 3.63) is 32.3 Å². The third-order valence-corrected chi connectivity index (χ3v) is 4.81. The van der Waals surface area contributed by atoms with Gasteiger partial charge in [0.2, 0.25) is 10.0 Å². The molecule has 112 valence electrons. The fourth-order valence-electron chi connectivity index (χ4n) is 1.39. The van der Waals surface area contributed by atoms with E-state index in [2.05, 4.69) is 4.72 Å². The van der Waals surface area contributed by atoms with Crippen LogP contribution in [-0.4, -0.2) is 45.4 Å². The summed E-state index contributed by atoms with van der Waals surface area (Å²) in [6.45, 7) is 0.591. The number of rotatable bonds is 6. The van der Waals surface area contributed by atoms with E-state index >= 15 is 0 Å². The Morgan fingerprint density at radius 3 is 2.45 bits per heavy atom. The molecule has 1 N–H and O–H groups in total. The van der Waals surface area contributed by atoms with Crippen LogP contribution in [0.25, 0.3) is 0 Å². The molecule has 0 aliphatic heterocycles. The predicted octanol–water partition coefficient (Wildman–Crippen LogP) is 1.74. The number of nitrogens with zero attached hydrogens (tertiary/aromatic N) is 2. The standard InChI is InChI=1S/C10H13Cl2N3O4S/c1-14(2)6-5-13-20(18,19)10-7(11)3-4-8(9(10)12)15(16)17/h3-4,13H,5-6H2,1-2H3. The first-order valence-electron chi connectivity index (χ1n) is 5.43. The highest BCUT2D eigenvalue weighted by atomic mass is 35.5. The Labute approximate surface area is 126 Å². The molecule has 1 aromatic carbocycles. The summed E-state index contributed by atoms with van der Waals surface area (Å²) in [4.78, 5) is 11.3. The van der Waals surface area contributed by atoms with Crippen molar-refractivity contribution in [3.63, 3.8) is 0 Å². The van der Waals surface area contributed by atoms with Gasteiger partial charge in [0.1, 0.15) is 9.92 Å². The van der Waals surface area contributed by atoms with Crippen molar-refractivity contribution in [1.29, 1.82) is 0 Å². The zero-order valence-electron chi connectivity index (χ0n) is 10.8. The van der Waals surface area contributed by atoms with Crippen LogP contribution in [0.15, 0.2) is 17.0 Å².